The molecular formula is C28H22ClN3O4. The Morgan fingerprint density at radius 1 is 0.861 bits per heavy atom. The van der Waals surface area contributed by atoms with E-state index < -0.39 is 16.9 Å². The molecule has 1 unspecified atom stereocenters. The molecule has 0 heterocycles. The van der Waals surface area contributed by atoms with Crippen LogP contribution >= 0.6 is 11.6 Å². The summed E-state index contributed by atoms with van der Waals surface area (Å²) in [6.07, 6.45) is 0. The molecule has 2 amide bonds. The minimum Gasteiger partial charge on any atom is -0.324 e. The second-order valence-corrected chi connectivity index (χ2v) is 8.56. The number of halogens is 1. The number of amides is 2. The van der Waals surface area contributed by atoms with E-state index in [9.17, 15) is 19.7 Å². The van der Waals surface area contributed by atoms with Crippen LogP contribution in [0.2, 0.25) is 5.02 Å². The first kappa shape index (κ1) is 24.6. The first-order valence-corrected chi connectivity index (χ1v) is 11.5. The predicted molar refractivity (Wildman–Crippen MR) is 140 cm³/mol. The molecule has 36 heavy (non-hydrogen) atoms. The van der Waals surface area contributed by atoms with Gasteiger partial charge < -0.3 is 5.32 Å². The van der Waals surface area contributed by atoms with E-state index >= 15 is 0 Å². The van der Waals surface area contributed by atoms with Gasteiger partial charge in [-0.25, -0.2) is 0 Å². The minimum atomic E-state index is -1.03. The molecule has 4 rings (SSSR count). The molecule has 0 aliphatic heterocycles. The Bertz CT molecular complexity index is 1370. The molecule has 7 nitrogen and oxygen atoms in total. The SMILES string of the molecule is Cc1ccc(N(C(=O)c2ccc(Cl)cc2)C(C(=O)Nc2ccc([N+](=O)[O-])cc2)c2ccccc2)cc1. The Hall–Kier alpha value is -4.49. The molecule has 1 N–H and O–H groups in total. The summed E-state index contributed by atoms with van der Waals surface area (Å²) in [4.78, 5) is 39.5. The number of rotatable bonds is 7. The van der Waals surface area contributed by atoms with Crippen LogP contribution in [0.1, 0.15) is 27.5 Å². The number of carbonyl (C=O) groups is 2. The molecule has 8 heteroatoms. The number of non-ortho nitro benzene ring substituents is 1. The molecule has 0 aliphatic rings. The highest BCUT2D eigenvalue weighted by Crippen LogP contribution is 2.31. The van der Waals surface area contributed by atoms with Crippen molar-refractivity contribution < 1.29 is 14.5 Å². The Morgan fingerprint density at radius 3 is 2.06 bits per heavy atom. The Kier molecular flexibility index (Phi) is 7.42. The van der Waals surface area contributed by atoms with Gasteiger partial charge in [-0.3, -0.25) is 24.6 Å². The third-order valence-corrected chi connectivity index (χ3v) is 5.84. The second kappa shape index (κ2) is 10.8. The lowest BCUT2D eigenvalue weighted by atomic mass is 10.0. The maximum atomic E-state index is 13.9. The van der Waals surface area contributed by atoms with Crippen LogP contribution in [0.25, 0.3) is 0 Å². The molecule has 4 aromatic carbocycles. The number of aryl methyl sites for hydroxylation is 1. The number of nitrogens with one attached hydrogen (secondary N) is 1. The highest BCUT2D eigenvalue weighted by atomic mass is 35.5. The monoisotopic (exact) mass is 499 g/mol. The van der Waals surface area contributed by atoms with Gasteiger partial charge >= 0.3 is 0 Å². The van der Waals surface area contributed by atoms with E-state index in [1.807, 2.05) is 25.1 Å². The molecular weight excluding hydrogens is 478 g/mol. The van der Waals surface area contributed by atoms with E-state index in [-0.39, 0.29) is 11.6 Å². The molecule has 0 bridgehead atoms. The third-order valence-electron chi connectivity index (χ3n) is 5.59. The zero-order chi connectivity index (χ0) is 25.7. The van der Waals surface area contributed by atoms with E-state index in [0.29, 0.717) is 27.5 Å². The van der Waals surface area contributed by atoms with Crippen molar-refractivity contribution in [3.8, 4) is 0 Å². The molecule has 0 radical (unpaired) electrons. The first-order chi connectivity index (χ1) is 17.3. The van der Waals surface area contributed by atoms with Gasteiger partial charge in [-0.05, 0) is 61.0 Å². The summed E-state index contributed by atoms with van der Waals surface area (Å²) in [5.41, 5.74) is 2.78. The topological polar surface area (TPSA) is 92.6 Å². The molecule has 0 spiro atoms. The highest BCUT2D eigenvalue weighted by Gasteiger charge is 2.33. The van der Waals surface area contributed by atoms with Crippen molar-refractivity contribution in [2.24, 2.45) is 0 Å². The number of hydrogen-bond donors (Lipinski definition) is 1. The number of anilines is 2. The number of nitro groups is 1. The average Bonchev–Trinajstić information content (AvgIpc) is 2.88. The van der Waals surface area contributed by atoms with E-state index in [0.717, 1.165) is 5.56 Å². The van der Waals surface area contributed by atoms with Crippen LogP contribution in [0.3, 0.4) is 0 Å². The van der Waals surface area contributed by atoms with E-state index in [4.69, 9.17) is 11.6 Å². The van der Waals surface area contributed by atoms with E-state index in [1.165, 1.54) is 29.2 Å². The summed E-state index contributed by atoms with van der Waals surface area (Å²) in [5.74, 6) is -0.860. The largest absolute Gasteiger partial charge is 0.324 e. The van der Waals surface area contributed by atoms with Crippen molar-refractivity contribution in [1.82, 2.24) is 0 Å². The van der Waals surface area contributed by atoms with Gasteiger partial charge in [0.25, 0.3) is 17.5 Å². The van der Waals surface area contributed by atoms with Crippen LogP contribution in [-0.2, 0) is 4.79 Å². The Balaban J connectivity index is 1.79. The molecule has 0 saturated carbocycles. The Morgan fingerprint density at radius 2 is 1.47 bits per heavy atom. The normalized spacial score (nSPS) is 11.4. The van der Waals surface area contributed by atoms with Crippen molar-refractivity contribution in [2.75, 3.05) is 10.2 Å². The summed E-state index contributed by atoms with van der Waals surface area (Å²) in [6, 6.07) is 27.2. The van der Waals surface area contributed by atoms with Crippen molar-refractivity contribution in [2.45, 2.75) is 13.0 Å². The van der Waals surface area contributed by atoms with Crippen molar-refractivity contribution in [1.29, 1.82) is 0 Å². The summed E-state index contributed by atoms with van der Waals surface area (Å²) in [7, 11) is 0. The Labute approximate surface area is 213 Å². The van der Waals surface area contributed by atoms with Gasteiger partial charge in [-0.15, -0.1) is 0 Å². The molecule has 0 aromatic heterocycles. The van der Waals surface area contributed by atoms with Crippen LogP contribution in [0.4, 0.5) is 17.1 Å². The van der Waals surface area contributed by atoms with E-state index in [1.54, 1.807) is 60.7 Å². The molecule has 0 aliphatic carbocycles. The number of carbonyl (C=O) groups excluding carboxylic acids is 2. The van der Waals surface area contributed by atoms with Crippen LogP contribution in [-0.4, -0.2) is 16.7 Å². The van der Waals surface area contributed by atoms with Crippen LogP contribution in [0, 0.1) is 17.0 Å². The average molecular weight is 500 g/mol. The lowest BCUT2D eigenvalue weighted by Crippen LogP contribution is -2.41. The van der Waals surface area contributed by atoms with Gasteiger partial charge in [0.15, 0.2) is 0 Å². The van der Waals surface area contributed by atoms with Gasteiger partial charge in [0, 0.05) is 34.1 Å². The smallest absolute Gasteiger partial charge is 0.269 e. The first-order valence-electron chi connectivity index (χ1n) is 11.1. The van der Waals surface area contributed by atoms with Crippen molar-refractivity contribution in [3.05, 3.63) is 135 Å². The fourth-order valence-electron chi connectivity index (χ4n) is 3.75. The third kappa shape index (κ3) is 5.59. The fraction of sp³-hybridized carbons (Fsp3) is 0.0714. The molecule has 4 aromatic rings. The van der Waals surface area contributed by atoms with Gasteiger partial charge in [-0.2, -0.15) is 0 Å². The van der Waals surface area contributed by atoms with Crippen molar-refractivity contribution >= 4 is 40.5 Å². The zero-order valence-corrected chi connectivity index (χ0v) is 20.1. The van der Waals surface area contributed by atoms with Gasteiger partial charge in [0.1, 0.15) is 6.04 Å². The van der Waals surface area contributed by atoms with Gasteiger partial charge in [0.2, 0.25) is 0 Å². The number of nitro benzene ring substituents is 1. The molecule has 180 valence electrons. The molecule has 0 saturated heterocycles. The summed E-state index contributed by atoms with van der Waals surface area (Å²) in [6.45, 7) is 1.94. The predicted octanol–water partition coefficient (Wildman–Crippen LogP) is 6.58. The van der Waals surface area contributed by atoms with Gasteiger partial charge in [-0.1, -0.05) is 59.6 Å². The summed E-state index contributed by atoms with van der Waals surface area (Å²) >= 11 is 6.03. The maximum Gasteiger partial charge on any atom is 0.269 e. The zero-order valence-electron chi connectivity index (χ0n) is 19.3. The number of nitrogens with zero attached hydrogens (tertiary/aromatic N) is 2. The van der Waals surface area contributed by atoms with Crippen LogP contribution < -0.4 is 10.2 Å². The maximum absolute atomic E-state index is 13.9. The highest BCUT2D eigenvalue weighted by molar-refractivity contribution is 6.30. The minimum absolute atomic E-state index is 0.0909. The van der Waals surface area contributed by atoms with Gasteiger partial charge in [0.05, 0.1) is 4.92 Å². The lowest BCUT2D eigenvalue weighted by Gasteiger charge is -2.31. The standard InChI is InChI=1S/C28H22ClN3O4/c1-19-7-15-24(16-8-19)31(28(34)21-9-11-22(29)12-10-21)26(20-5-3-2-4-6-20)27(33)30-23-13-17-25(18-14-23)32(35)36/h2-18,26H,1H3,(H,30,33). The summed E-state index contributed by atoms with van der Waals surface area (Å²) in [5, 5.41) is 14.3. The van der Waals surface area contributed by atoms with Crippen molar-refractivity contribution in [3.63, 3.8) is 0 Å². The summed E-state index contributed by atoms with van der Waals surface area (Å²) < 4.78 is 0. The second-order valence-electron chi connectivity index (χ2n) is 8.12. The fourth-order valence-corrected chi connectivity index (χ4v) is 3.88. The van der Waals surface area contributed by atoms with E-state index in [2.05, 4.69) is 5.32 Å². The number of benzene rings is 4. The van der Waals surface area contributed by atoms with Crippen LogP contribution in [0.5, 0.6) is 0 Å². The quantitative estimate of drug-likeness (QED) is 0.229. The van der Waals surface area contributed by atoms with Crippen LogP contribution in [0.15, 0.2) is 103 Å². The molecule has 1 atom stereocenters. The molecule has 0 fully saturated rings. The number of hydrogen-bond acceptors (Lipinski definition) is 4. The lowest BCUT2D eigenvalue weighted by molar-refractivity contribution is -0.384.